The SMILES string of the molecule is CN1CCN(C)C(C(NN)C2CCCCC2)C1. The first-order valence-electron chi connectivity index (χ1n) is 7.07. The van der Waals surface area contributed by atoms with E-state index in [1.165, 1.54) is 38.6 Å². The Morgan fingerprint density at radius 2 is 1.82 bits per heavy atom. The van der Waals surface area contributed by atoms with Gasteiger partial charge < -0.3 is 4.90 Å². The predicted octanol–water partition coefficient (Wildman–Crippen LogP) is 0.644. The van der Waals surface area contributed by atoms with Gasteiger partial charge in [0.25, 0.3) is 0 Å². The average Bonchev–Trinajstić information content (AvgIpc) is 2.36. The van der Waals surface area contributed by atoms with Crippen molar-refractivity contribution in [3.63, 3.8) is 0 Å². The molecular weight excluding hydrogens is 212 g/mol. The van der Waals surface area contributed by atoms with Crippen LogP contribution in [0, 0.1) is 5.92 Å². The van der Waals surface area contributed by atoms with Gasteiger partial charge in [-0.05, 0) is 32.9 Å². The van der Waals surface area contributed by atoms with E-state index in [4.69, 9.17) is 5.84 Å². The first kappa shape index (κ1) is 13.3. The van der Waals surface area contributed by atoms with E-state index in [1.54, 1.807) is 0 Å². The van der Waals surface area contributed by atoms with Crippen LogP contribution in [0.2, 0.25) is 0 Å². The summed E-state index contributed by atoms with van der Waals surface area (Å²) in [5, 5.41) is 0. The molecule has 0 bridgehead atoms. The number of nitrogens with two attached hydrogens (primary N) is 1. The molecule has 0 aromatic carbocycles. The van der Waals surface area contributed by atoms with Crippen molar-refractivity contribution in [1.82, 2.24) is 15.2 Å². The summed E-state index contributed by atoms with van der Waals surface area (Å²) in [5.74, 6) is 6.62. The zero-order valence-corrected chi connectivity index (χ0v) is 11.4. The van der Waals surface area contributed by atoms with Gasteiger partial charge >= 0.3 is 0 Å². The van der Waals surface area contributed by atoms with Gasteiger partial charge in [-0.2, -0.15) is 0 Å². The Labute approximate surface area is 105 Å². The van der Waals surface area contributed by atoms with Crippen LogP contribution < -0.4 is 11.3 Å². The highest BCUT2D eigenvalue weighted by Gasteiger charge is 2.34. The summed E-state index contributed by atoms with van der Waals surface area (Å²) in [6.45, 7) is 3.48. The molecule has 4 nitrogen and oxygen atoms in total. The highest BCUT2D eigenvalue weighted by Crippen LogP contribution is 2.29. The Morgan fingerprint density at radius 1 is 1.12 bits per heavy atom. The first-order chi connectivity index (χ1) is 8.22. The number of nitrogens with one attached hydrogen (secondary N) is 1. The van der Waals surface area contributed by atoms with E-state index in [9.17, 15) is 0 Å². The third-order valence-corrected chi connectivity index (χ3v) is 4.66. The predicted molar refractivity (Wildman–Crippen MR) is 71.6 cm³/mol. The van der Waals surface area contributed by atoms with Crippen molar-refractivity contribution in [3.8, 4) is 0 Å². The van der Waals surface area contributed by atoms with E-state index in [-0.39, 0.29) is 0 Å². The van der Waals surface area contributed by atoms with E-state index < -0.39 is 0 Å². The minimum atomic E-state index is 0.461. The monoisotopic (exact) mass is 240 g/mol. The molecule has 2 atom stereocenters. The van der Waals surface area contributed by atoms with Crippen LogP contribution in [0.25, 0.3) is 0 Å². The fourth-order valence-corrected chi connectivity index (χ4v) is 3.49. The molecule has 0 aromatic heterocycles. The quantitative estimate of drug-likeness (QED) is 0.561. The molecule has 0 amide bonds. The summed E-state index contributed by atoms with van der Waals surface area (Å²) in [7, 11) is 4.46. The topological polar surface area (TPSA) is 44.5 Å². The molecule has 0 aromatic rings. The third kappa shape index (κ3) is 3.19. The Bertz CT molecular complexity index is 227. The molecule has 2 aliphatic rings. The lowest BCUT2D eigenvalue weighted by atomic mass is 9.80. The molecule has 17 heavy (non-hydrogen) atoms. The standard InChI is InChI=1S/C13H28N4/c1-16-8-9-17(2)12(10-16)13(15-14)11-6-4-3-5-7-11/h11-13,15H,3-10,14H2,1-2H3. The number of likely N-dealkylation sites (N-methyl/N-ethyl adjacent to an activating group) is 2. The van der Waals surface area contributed by atoms with Crippen molar-refractivity contribution >= 4 is 0 Å². The maximum Gasteiger partial charge on any atom is 0.0406 e. The molecule has 1 heterocycles. The summed E-state index contributed by atoms with van der Waals surface area (Å²) in [4.78, 5) is 4.91. The molecule has 3 N–H and O–H groups in total. The number of piperazine rings is 1. The van der Waals surface area contributed by atoms with Gasteiger partial charge in [0.15, 0.2) is 0 Å². The van der Waals surface area contributed by atoms with Crippen LogP contribution in [-0.2, 0) is 0 Å². The van der Waals surface area contributed by atoms with E-state index >= 15 is 0 Å². The van der Waals surface area contributed by atoms with Crippen LogP contribution in [0.3, 0.4) is 0 Å². The van der Waals surface area contributed by atoms with Crippen LogP contribution >= 0.6 is 0 Å². The maximum atomic E-state index is 5.85. The van der Waals surface area contributed by atoms with Crippen LogP contribution in [0.5, 0.6) is 0 Å². The molecule has 2 rings (SSSR count). The van der Waals surface area contributed by atoms with Gasteiger partial charge in [-0.25, -0.2) is 0 Å². The highest BCUT2D eigenvalue weighted by molar-refractivity contribution is 4.92. The van der Waals surface area contributed by atoms with E-state index in [0.717, 1.165) is 19.0 Å². The molecule has 100 valence electrons. The number of rotatable bonds is 3. The summed E-state index contributed by atoms with van der Waals surface area (Å²) in [6, 6.07) is 1.03. The van der Waals surface area contributed by atoms with Crippen molar-refractivity contribution in [2.45, 2.75) is 44.2 Å². The lowest BCUT2D eigenvalue weighted by molar-refractivity contribution is 0.0620. The van der Waals surface area contributed by atoms with E-state index in [0.29, 0.717) is 12.1 Å². The second kappa shape index (κ2) is 6.14. The highest BCUT2D eigenvalue weighted by atomic mass is 15.3. The molecule has 0 spiro atoms. The zero-order valence-electron chi connectivity index (χ0n) is 11.4. The van der Waals surface area contributed by atoms with Gasteiger partial charge in [-0.1, -0.05) is 19.3 Å². The van der Waals surface area contributed by atoms with Gasteiger partial charge in [0.2, 0.25) is 0 Å². The van der Waals surface area contributed by atoms with Crippen molar-refractivity contribution in [2.75, 3.05) is 33.7 Å². The minimum Gasteiger partial charge on any atom is -0.303 e. The van der Waals surface area contributed by atoms with E-state index in [2.05, 4.69) is 29.3 Å². The fraction of sp³-hybridized carbons (Fsp3) is 1.00. The van der Waals surface area contributed by atoms with Gasteiger partial charge in [-0.15, -0.1) is 0 Å². The molecular formula is C13H28N4. The minimum absolute atomic E-state index is 0.461. The molecule has 2 unspecified atom stereocenters. The lowest BCUT2D eigenvalue weighted by Crippen LogP contribution is -2.62. The Hall–Kier alpha value is -0.160. The van der Waals surface area contributed by atoms with Gasteiger partial charge in [-0.3, -0.25) is 16.2 Å². The Kier molecular flexibility index (Phi) is 4.79. The second-order valence-electron chi connectivity index (χ2n) is 5.90. The lowest BCUT2D eigenvalue weighted by Gasteiger charge is -2.45. The van der Waals surface area contributed by atoms with Crippen LogP contribution in [-0.4, -0.2) is 55.6 Å². The molecule has 0 radical (unpaired) electrons. The van der Waals surface area contributed by atoms with Crippen molar-refractivity contribution in [1.29, 1.82) is 0 Å². The average molecular weight is 240 g/mol. The third-order valence-electron chi connectivity index (χ3n) is 4.66. The maximum absolute atomic E-state index is 5.85. The normalized spacial score (nSPS) is 31.6. The molecule has 4 heteroatoms. The summed E-state index contributed by atoms with van der Waals surface area (Å²) < 4.78 is 0. The molecule has 1 saturated carbocycles. The Morgan fingerprint density at radius 3 is 2.47 bits per heavy atom. The van der Waals surface area contributed by atoms with Crippen LogP contribution in [0.1, 0.15) is 32.1 Å². The van der Waals surface area contributed by atoms with Gasteiger partial charge in [0.05, 0.1) is 0 Å². The Balaban J connectivity index is 1.99. The fourth-order valence-electron chi connectivity index (χ4n) is 3.49. The largest absolute Gasteiger partial charge is 0.303 e. The number of hydrogen-bond donors (Lipinski definition) is 2. The summed E-state index contributed by atoms with van der Waals surface area (Å²) >= 11 is 0. The van der Waals surface area contributed by atoms with Crippen molar-refractivity contribution < 1.29 is 0 Å². The molecule has 2 fully saturated rings. The van der Waals surface area contributed by atoms with Crippen LogP contribution in [0.15, 0.2) is 0 Å². The molecule has 1 aliphatic carbocycles. The van der Waals surface area contributed by atoms with E-state index in [1.807, 2.05) is 0 Å². The summed E-state index contributed by atoms with van der Waals surface area (Å²) in [6.07, 6.45) is 6.88. The van der Waals surface area contributed by atoms with Crippen molar-refractivity contribution in [2.24, 2.45) is 11.8 Å². The van der Waals surface area contributed by atoms with Gasteiger partial charge in [0, 0.05) is 31.7 Å². The van der Waals surface area contributed by atoms with Crippen molar-refractivity contribution in [3.05, 3.63) is 0 Å². The van der Waals surface area contributed by atoms with Gasteiger partial charge in [0.1, 0.15) is 0 Å². The zero-order chi connectivity index (χ0) is 12.3. The number of hydrogen-bond acceptors (Lipinski definition) is 4. The molecule has 1 saturated heterocycles. The molecule has 1 aliphatic heterocycles. The number of nitrogens with zero attached hydrogens (tertiary/aromatic N) is 2. The number of hydrazine groups is 1. The summed E-state index contributed by atoms with van der Waals surface area (Å²) in [5.41, 5.74) is 3.12. The van der Waals surface area contributed by atoms with Crippen LogP contribution in [0.4, 0.5) is 0 Å². The smallest absolute Gasteiger partial charge is 0.0406 e. The first-order valence-corrected chi connectivity index (χ1v) is 7.07. The second-order valence-corrected chi connectivity index (χ2v) is 5.90.